The van der Waals surface area contributed by atoms with Gasteiger partial charge < -0.3 is 0 Å². The van der Waals surface area contributed by atoms with E-state index >= 15 is 0 Å². The van der Waals surface area contributed by atoms with E-state index in [9.17, 15) is 0 Å². The summed E-state index contributed by atoms with van der Waals surface area (Å²) in [4.78, 5) is 8.92. The standard InChI is InChI=1S/C23H22N2/c1-4-19-8-5-9-20(14-19)17(2)25-18(3)21-10-6-11-22(15-21)23-12-7-13-24-16-23/h5-16H,3-4H2,1-2H3/b25-17+. The molecule has 0 saturated heterocycles. The summed E-state index contributed by atoms with van der Waals surface area (Å²) in [6.45, 7) is 8.36. The van der Waals surface area contributed by atoms with Gasteiger partial charge in [-0.05, 0) is 48.2 Å². The fourth-order valence-electron chi connectivity index (χ4n) is 2.76. The quantitative estimate of drug-likeness (QED) is 0.545. The number of pyridine rings is 1. The average Bonchev–Trinajstić information content (AvgIpc) is 2.68. The van der Waals surface area contributed by atoms with Crippen molar-refractivity contribution in [2.45, 2.75) is 20.3 Å². The summed E-state index contributed by atoms with van der Waals surface area (Å²) in [5, 5.41) is 0. The molecule has 2 heteroatoms. The smallest absolute Gasteiger partial charge is 0.0633 e. The van der Waals surface area contributed by atoms with Crippen LogP contribution in [0.5, 0.6) is 0 Å². The van der Waals surface area contributed by atoms with Crippen molar-refractivity contribution in [2.24, 2.45) is 4.99 Å². The van der Waals surface area contributed by atoms with Gasteiger partial charge in [0.05, 0.1) is 5.70 Å². The molecule has 0 aliphatic carbocycles. The molecule has 2 nitrogen and oxygen atoms in total. The fourth-order valence-corrected chi connectivity index (χ4v) is 2.76. The molecule has 0 bridgehead atoms. The lowest BCUT2D eigenvalue weighted by Crippen LogP contribution is -1.96. The van der Waals surface area contributed by atoms with Crippen molar-refractivity contribution in [1.29, 1.82) is 0 Å². The molecule has 0 aliphatic rings. The first-order chi connectivity index (χ1) is 12.2. The Kier molecular flexibility index (Phi) is 5.20. The van der Waals surface area contributed by atoms with Crippen LogP contribution in [0.15, 0.2) is 84.6 Å². The number of hydrogen-bond acceptors (Lipinski definition) is 2. The first-order valence-electron chi connectivity index (χ1n) is 8.51. The lowest BCUT2D eigenvalue weighted by atomic mass is 10.0. The second-order valence-corrected chi connectivity index (χ2v) is 6.02. The molecule has 0 unspecified atom stereocenters. The minimum Gasteiger partial charge on any atom is -0.264 e. The van der Waals surface area contributed by atoms with E-state index in [1.54, 1.807) is 6.20 Å². The van der Waals surface area contributed by atoms with Crippen molar-refractivity contribution in [3.63, 3.8) is 0 Å². The van der Waals surface area contributed by atoms with Gasteiger partial charge in [0.2, 0.25) is 0 Å². The van der Waals surface area contributed by atoms with Gasteiger partial charge in [-0.2, -0.15) is 0 Å². The molecule has 1 heterocycles. The Morgan fingerprint density at radius 1 is 0.960 bits per heavy atom. The summed E-state index contributed by atoms with van der Waals surface area (Å²) in [5.74, 6) is 0. The first-order valence-corrected chi connectivity index (χ1v) is 8.51. The van der Waals surface area contributed by atoms with Crippen LogP contribution in [0.2, 0.25) is 0 Å². The molecular weight excluding hydrogens is 304 g/mol. The van der Waals surface area contributed by atoms with Gasteiger partial charge in [0.25, 0.3) is 0 Å². The van der Waals surface area contributed by atoms with Crippen LogP contribution in [0, 0.1) is 0 Å². The van der Waals surface area contributed by atoms with Crippen LogP contribution >= 0.6 is 0 Å². The molecule has 0 spiro atoms. The fraction of sp³-hybridized carbons (Fsp3) is 0.130. The SMILES string of the molecule is C=C(/N=C(\C)c1cccc(CC)c1)c1cccc(-c2cccnc2)c1. The molecule has 2 aromatic carbocycles. The summed E-state index contributed by atoms with van der Waals surface area (Å²) in [7, 11) is 0. The van der Waals surface area contributed by atoms with Gasteiger partial charge in [0.15, 0.2) is 0 Å². The summed E-state index contributed by atoms with van der Waals surface area (Å²) in [6, 6.07) is 20.8. The topological polar surface area (TPSA) is 25.2 Å². The van der Waals surface area contributed by atoms with Gasteiger partial charge in [-0.1, -0.05) is 56.0 Å². The number of aryl methyl sites for hydroxylation is 1. The zero-order chi connectivity index (χ0) is 17.6. The normalized spacial score (nSPS) is 11.4. The second-order valence-electron chi connectivity index (χ2n) is 6.02. The molecule has 0 radical (unpaired) electrons. The van der Waals surface area contributed by atoms with Crippen LogP contribution < -0.4 is 0 Å². The Morgan fingerprint density at radius 2 is 1.72 bits per heavy atom. The van der Waals surface area contributed by atoms with E-state index in [0.29, 0.717) is 0 Å². The zero-order valence-corrected chi connectivity index (χ0v) is 14.7. The lowest BCUT2D eigenvalue weighted by molar-refractivity contribution is 1.14. The van der Waals surface area contributed by atoms with Crippen LogP contribution in [0.3, 0.4) is 0 Å². The van der Waals surface area contributed by atoms with Crippen LogP contribution in [-0.4, -0.2) is 10.7 Å². The molecular formula is C23H22N2. The third-order valence-electron chi connectivity index (χ3n) is 4.25. The van der Waals surface area contributed by atoms with Crippen molar-refractivity contribution in [2.75, 3.05) is 0 Å². The van der Waals surface area contributed by atoms with E-state index in [4.69, 9.17) is 4.99 Å². The van der Waals surface area contributed by atoms with Crippen molar-refractivity contribution >= 4 is 11.4 Å². The summed E-state index contributed by atoms with van der Waals surface area (Å²) in [5.41, 5.74) is 7.44. The molecule has 25 heavy (non-hydrogen) atoms. The number of nitrogens with zero attached hydrogens (tertiary/aromatic N) is 2. The van der Waals surface area contributed by atoms with E-state index in [2.05, 4.69) is 61.0 Å². The van der Waals surface area contributed by atoms with E-state index in [-0.39, 0.29) is 0 Å². The van der Waals surface area contributed by atoms with Crippen molar-refractivity contribution in [3.8, 4) is 11.1 Å². The van der Waals surface area contributed by atoms with Crippen LogP contribution in [0.4, 0.5) is 0 Å². The Morgan fingerprint density at radius 3 is 2.48 bits per heavy atom. The highest BCUT2D eigenvalue weighted by Crippen LogP contribution is 2.23. The minimum absolute atomic E-state index is 0.769. The Bertz CT molecular complexity index is 908. The Hall–Kier alpha value is -3.00. The van der Waals surface area contributed by atoms with Crippen molar-refractivity contribution in [3.05, 3.63) is 96.3 Å². The summed E-state index contributed by atoms with van der Waals surface area (Å²) >= 11 is 0. The van der Waals surface area contributed by atoms with E-state index < -0.39 is 0 Å². The van der Waals surface area contributed by atoms with Crippen LogP contribution in [0.1, 0.15) is 30.5 Å². The average molecular weight is 326 g/mol. The molecule has 3 rings (SSSR count). The molecule has 0 fully saturated rings. The second kappa shape index (κ2) is 7.71. The van der Waals surface area contributed by atoms with Gasteiger partial charge >= 0.3 is 0 Å². The molecule has 0 aliphatic heterocycles. The molecule has 124 valence electrons. The molecule has 0 atom stereocenters. The summed E-state index contributed by atoms with van der Waals surface area (Å²) in [6.07, 6.45) is 4.67. The van der Waals surface area contributed by atoms with Gasteiger partial charge in [0.1, 0.15) is 0 Å². The number of benzene rings is 2. The molecule has 3 aromatic rings. The van der Waals surface area contributed by atoms with Crippen LogP contribution in [0.25, 0.3) is 16.8 Å². The minimum atomic E-state index is 0.769. The number of hydrogen-bond donors (Lipinski definition) is 0. The van der Waals surface area contributed by atoms with E-state index in [0.717, 1.165) is 40.1 Å². The number of aliphatic imine (C=N–C) groups is 1. The van der Waals surface area contributed by atoms with Crippen molar-refractivity contribution < 1.29 is 0 Å². The third kappa shape index (κ3) is 4.10. The Labute approximate surface area is 149 Å². The first kappa shape index (κ1) is 16.8. The highest BCUT2D eigenvalue weighted by molar-refractivity contribution is 6.01. The third-order valence-corrected chi connectivity index (χ3v) is 4.25. The molecule has 1 aromatic heterocycles. The molecule has 0 amide bonds. The highest BCUT2D eigenvalue weighted by Gasteiger charge is 2.04. The van der Waals surface area contributed by atoms with Gasteiger partial charge in [0, 0.05) is 29.2 Å². The predicted octanol–water partition coefficient (Wildman–Crippen LogP) is 5.79. The predicted molar refractivity (Wildman–Crippen MR) is 107 cm³/mol. The van der Waals surface area contributed by atoms with Gasteiger partial charge in [-0.3, -0.25) is 9.98 Å². The highest BCUT2D eigenvalue weighted by atomic mass is 14.7. The Balaban J connectivity index is 1.88. The van der Waals surface area contributed by atoms with E-state index in [1.807, 2.05) is 31.3 Å². The number of rotatable bonds is 5. The maximum atomic E-state index is 4.73. The monoisotopic (exact) mass is 326 g/mol. The maximum Gasteiger partial charge on any atom is 0.0633 e. The number of aromatic nitrogens is 1. The maximum absolute atomic E-state index is 4.73. The summed E-state index contributed by atoms with van der Waals surface area (Å²) < 4.78 is 0. The molecule has 0 N–H and O–H groups in total. The largest absolute Gasteiger partial charge is 0.264 e. The lowest BCUT2D eigenvalue weighted by Gasteiger charge is -2.08. The molecule has 0 saturated carbocycles. The van der Waals surface area contributed by atoms with Crippen LogP contribution in [-0.2, 0) is 6.42 Å². The van der Waals surface area contributed by atoms with Crippen molar-refractivity contribution in [1.82, 2.24) is 4.98 Å². The van der Waals surface area contributed by atoms with Gasteiger partial charge in [-0.15, -0.1) is 0 Å². The zero-order valence-electron chi connectivity index (χ0n) is 14.7. The van der Waals surface area contributed by atoms with Gasteiger partial charge in [-0.25, -0.2) is 0 Å². The van der Waals surface area contributed by atoms with E-state index in [1.165, 1.54) is 5.56 Å².